The van der Waals surface area contributed by atoms with Crippen molar-refractivity contribution in [2.75, 3.05) is 6.54 Å². The first-order valence-corrected chi connectivity index (χ1v) is 7.81. The van der Waals surface area contributed by atoms with E-state index in [1.807, 2.05) is 6.92 Å². The van der Waals surface area contributed by atoms with E-state index in [4.69, 9.17) is 5.11 Å². The van der Waals surface area contributed by atoms with Crippen molar-refractivity contribution >= 4 is 17.8 Å². The van der Waals surface area contributed by atoms with Gasteiger partial charge in [0.2, 0.25) is 11.8 Å². The zero-order valence-electron chi connectivity index (χ0n) is 12.7. The lowest BCUT2D eigenvalue weighted by molar-refractivity contribution is -0.137. The van der Waals surface area contributed by atoms with E-state index in [-0.39, 0.29) is 36.6 Å². The molecule has 0 aromatic rings. The van der Waals surface area contributed by atoms with E-state index >= 15 is 0 Å². The molecule has 0 aliphatic heterocycles. The Morgan fingerprint density at radius 2 is 1.90 bits per heavy atom. The van der Waals surface area contributed by atoms with Gasteiger partial charge in [0.1, 0.15) is 0 Å². The predicted octanol–water partition coefficient (Wildman–Crippen LogP) is 1.44. The molecule has 0 saturated heterocycles. The van der Waals surface area contributed by atoms with Gasteiger partial charge in [-0.15, -0.1) is 0 Å². The van der Waals surface area contributed by atoms with E-state index in [0.717, 1.165) is 32.1 Å². The molecular weight excluding hydrogens is 272 g/mol. The minimum absolute atomic E-state index is 0.0379. The third kappa shape index (κ3) is 7.11. The Balaban J connectivity index is 2.22. The van der Waals surface area contributed by atoms with Crippen LogP contribution in [0.5, 0.6) is 0 Å². The number of amides is 2. The van der Waals surface area contributed by atoms with Crippen LogP contribution in [0.2, 0.25) is 0 Å². The molecule has 1 atom stereocenters. The first kappa shape index (κ1) is 17.5. The Kier molecular flexibility index (Phi) is 7.79. The first-order valence-electron chi connectivity index (χ1n) is 7.81. The lowest BCUT2D eigenvalue weighted by Crippen LogP contribution is -2.39. The zero-order valence-corrected chi connectivity index (χ0v) is 12.7. The maximum absolute atomic E-state index is 11.8. The Morgan fingerprint density at radius 3 is 2.48 bits per heavy atom. The highest BCUT2D eigenvalue weighted by molar-refractivity contribution is 5.81. The first-order chi connectivity index (χ1) is 10.0. The average molecular weight is 298 g/mol. The van der Waals surface area contributed by atoms with Crippen LogP contribution in [0.3, 0.4) is 0 Å². The Morgan fingerprint density at radius 1 is 1.24 bits per heavy atom. The fraction of sp³-hybridized carbons (Fsp3) is 0.800. The Hall–Kier alpha value is -1.59. The van der Waals surface area contributed by atoms with Crippen LogP contribution in [0, 0.1) is 5.92 Å². The van der Waals surface area contributed by atoms with Gasteiger partial charge in [-0.3, -0.25) is 14.4 Å². The molecule has 1 fully saturated rings. The summed E-state index contributed by atoms with van der Waals surface area (Å²) >= 11 is 0. The fourth-order valence-electron chi connectivity index (χ4n) is 2.72. The predicted molar refractivity (Wildman–Crippen MR) is 78.7 cm³/mol. The second-order valence-electron chi connectivity index (χ2n) is 5.67. The number of carboxylic acid groups (broad SMARTS) is 1. The van der Waals surface area contributed by atoms with Crippen molar-refractivity contribution in [1.29, 1.82) is 0 Å². The second kappa shape index (κ2) is 9.37. The SMILES string of the molecule is CCCC(CC(=O)O)NC(=O)CCNC(=O)C1CCCC1. The monoisotopic (exact) mass is 298 g/mol. The number of nitrogens with one attached hydrogen (secondary N) is 2. The van der Waals surface area contributed by atoms with Crippen molar-refractivity contribution in [2.45, 2.75) is 64.3 Å². The van der Waals surface area contributed by atoms with Gasteiger partial charge >= 0.3 is 5.97 Å². The fourth-order valence-corrected chi connectivity index (χ4v) is 2.72. The lowest BCUT2D eigenvalue weighted by atomic mass is 10.1. The van der Waals surface area contributed by atoms with Crippen LogP contribution in [0.1, 0.15) is 58.3 Å². The van der Waals surface area contributed by atoms with E-state index in [1.165, 1.54) is 0 Å². The van der Waals surface area contributed by atoms with Gasteiger partial charge in [-0.25, -0.2) is 0 Å². The van der Waals surface area contributed by atoms with Crippen molar-refractivity contribution in [3.8, 4) is 0 Å². The van der Waals surface area contributed by atoms with Crippen LogP contribution < -0.4 is 10.6 Å². The molecule has 0 aromatic carbocycles. The summed E-state index contributed by atoms with van der Waals surface area (Å²) in [5.41, 5.74) is 0. The van der Waals surface area contributed by atoms with Gasteiger partial charge in [0.15, 0.2) is 0 Å². The molecule has 0 heterocycles. The summed E-state index contributed by atoms with van der Waals surface area (Å²) in [5, 5.41) is 14.3. The van der Waals surface area contributed by atoms with Gasteiger partial charge in [0.05, 0.1) is 6.42 Å². The maximum Gasteiger partial charge on any atom is 0.305 e. The molecule has 1 saturated carbocycles. The highest BCUT2D eigenvalue weighted by atomic mass is 16.4. The summed E-state index contributed by atoms with van der Waals surface area (Å²) in [7, 11) is 0. The molecule has 6 nitrogen and oxygen atoms in total. The summed E-state index contributed by atoms with van der Waals surface area (Å²) < 4.78 is 0. The Bertz CT molecular complexity index is 365. The molecule has 3 N–H and O–H groups in total. The number of carbonyl (C=O) groups is 3. The summed E-state index contributed by atoms with van der Waals surface area (Å²) in [6.45, 7) is 2.26. The topological polar surface area (TPSA) is 95.5 Å². The van der Waals surface area contributed by atoms with E-state index in [2.05, 4.69) is 10.6 Å². The summed E-state index contributed by atoms with van der Waals surface area (Å²) in [6, 6.07) is -0.328. The van der Waals surface area contributed by atoms with Crippen LogP contribution in [0.4, 0.5) is 0 Å². The average Bonchev–Trinajstić information content (AvgIpc) is 2.91. The van der Waals surface area contributed by atoms with Crippen molar-refractivity contribution in [1.82, 2.24) is 10.6 Å². The third-order valence-electron chi connectivity index (χ3n) is 3.80. The highest BCUT2D eigenvalue weighted by Crippen LogP contribution is 2.24. The number of hydrogen-bond acceptors (Lipinski definition) is 3. The molecule has 6 heteroatoms. The second-order valence-corrected chi connectivity index (χ2v) is 5.67. The standard InChI is InChI=1S/C15H26N2O4/c1-2-5-12(10-14(19)20)17-13(18)8-9-16-15(21)11-6-3-4-7-11/h11-12H,2-10H2,1H3,(H,16,21)(H,17,18)(H,19,20). The molecule has 120 valence electrons. The van der Waals surface area contributed by atoms with Crippen LogP contribution >= 0.6 is 0 Å². The molecule has 1 aliphatic rings. The van der Waals surface area contributed by atoms with Crippen molar-refractivity contribution in [3.63, 3.8) is 0 Å². The largest absolute Gasteiger partial charge is 0.481 e. The van der Waals surface area contributed by atoms with Gasteiger partial charge in [-0.1, -0.05) is 26.2 Å². The lowest BCUT2D eigenvalue weighted by Gasteiger charge is -2.16. The van der Waals surface area contributed by atoms with Gasteiger partial charge in [-0.05, 0) is 19.3 Å². The van der Waals surface area contributed by atoms with E-state index in [0.29, 0.717) is 13.0 Å². The minimum atomic E-state index is -0.914. The molecule has 0 bridgehead atoms. The summed E-state index contributed by atoms with van der Waals surface area (Å²) in [4.78, 5) is 34.2. The molecule has 0 aromatic heterocycles. The molecule has 0 spiro atoms. The van der Waals surface area contributed by atoms with Crippen LogP contribution in [0.25, 0.3) is 0 Å². The molecule has 1 unspecified atom stereocenters. The van der Waals surface area contributed by atoms with Crippen molar-refractivity contribution in [3.05, 3.63) is 0 Å². The number of rotatable bonds is 9. The molecular formula is C15H26N2O4. The van der Waals surface area contributed by atoms with E-state index in [9.17, 15) is 14.4 Å². The third-order valence-corrected chi connectivity index (χ3v) is 3.80. The van der Waals surface area contributed by atoms with Crippen LogP contribution in [-0.4, -0.2) is 35.5 Å². The van der Waals surface area contributed by atoms with Gasteiger partial charge in [-0.2, -0.15) is 0 Å². The van der Waals surface area contributed by atoms with Crippen LogP contribution in [0.15, 0.2) is 0 Å². The Labute approximate surface area is 125 Å². The number of aliphatic carboxylic acids is 1. The maximum atomic E-state index is 11.8. The molecule has 2 amide bonds. The molecule has 1 aliphatic carbocycles. The quantitative estimate of drug-likeness (QED) is 0.600. The van der Waals surface area contributed by atoms with E-state index < -0.39 is 5.97 Å². The zero-order chi connectivity index (χ0) is 15.7. The normalized spacial score (nSPS) is 16.4. The number of carboxylic acids is 1. The van der Waals surface area contributed by atoms with E-state index in [1.54, 1.807) is 0 Å². The summed E-state index contributed by atoms with van der Waals surface area (Å²) in [5.74, 6) is -0.978. The van der Waals surface area contributed by atoms with Gasteiger partial charge in [0.25, 0.3) is 0 Å². The number of hydrogen-bond donors (Lipinski definition) is 3. The van der Waals surface area contributed by atoms with Crippen LogP contribution in [-0.2, 0) is 14.4 Å². The van der Waals surface area contributed by atoms with Gasteiger partial charge in [0, 0.05) is 24.9 Å². The molecule has 21 heavy (non-hydrogen) atoms. The van der Waals surface area contributed by atoms with Crippen molar-refractivity contribution < 1.29 is 19.5 Å². The van der Waals surface area contributed by atoms with Gasteiger partial charge < -0.3 is 15.7 Å². The minimum Gasteiger partial charge on any atom is -0.481 e. The highest BCUT2D eigenvalue weighted by Gasteiger charge is 2.22. The summed E-state index contributed by atoms with van der Waals surface area (Å²) in [6.07, 6.45) is 5.68. The number of carbonyl (C=O) groups excluding carboxylic acids is 2. The van der Waals surface area contributed by atoms with Crippen molar-refractivity contribution in [2.24, 2.45) is 5.92 Å². The molecule has 0 radical (unpaired) electrons. The molecule has 1 rings (SSSR count). The smallest absolute Gasteiger partial charge is 0.305 e.